The first-order chi connectivity index (χ1) is 16.1. The Morgan fingerprint density at radius 3 is 2.56 bits per heavy atom. The lowest BCUT2D eigenvalue weighted by atomic mass is 9.66. The molecule has 0 aromatic heterocycles. The number of hydrogen-bond acceptors (Lipinski definition) is 6. The molecule has 0 radical (unpaired) electrons. The molecule has 2 amide bonds. The van der Waals surface area contributed by atoms with Crippen LogP contribution in [0, 0.1) is 23.7 Å². The van der Waals surface area contributed by atoms with Crippen molar-refractivity contribution in [2.45, 2.75) is 88.9 Å². The number of rotatable bonds is 11. The summed E-state index contributed by atoms with van der Waals surface area (Å²) in [5.41, 5.74) is 0. The largest absolute Gasteiger partial charge is 0.466 e. The maximum atomic E-state index is 14.4. The highest BCUT2D eigenvalue weighted by molar-refractivity contribution is 8.02. The number of nitrogens with zero attached hydrogens (tertiary/aromatic N) is 2. The van der Waals surface area contributed by atoms with Crippen LogP contribution in [0.3, 0.4) is 0 Å². The fraction of sp³-hybridized carbons (Fsp3) is 0.808. The summed E-state index contributed by atoms with van der Waals surface area (Å²) in [6.45, 7) is 16.2. The van der Waals surface area contributed by atoms with Gasteiger partial charge in [0, 0.05) is 17.8 Å². The molecule has 2 bridgehead atoms. The maximum absolute atomic E-state index is 14.4. The van der Waals surface area contributed by atoms with Gasteiger partial charge in [0.2, 0.25) is 11.8 Å². The molecule has 3 aliphatic rings. The topological polar surface area (TPSA) is 87.2 Å². The van der Waals surface area contributed by atoms with E-state index in [4.69, 9.17) is 4.74 Å². The van der Waals surface area contributed by atoms with E-state index in [1.54, 1.807) is 29.7 Å². The summed E-state index contributed by atoms with van der Waals surface area (Å²) in [5, 5.41) is 10.3. The van der Waals surface area contributed by atoms with Crippen LogP contribution in [-0.4, -0.2) is 80.6 Å². The van der Waals surface area contributed by atoms with E-state index in [0.717, 1.165) is 19.3 Å². The van der Waals surface area contributed by atoms with E-state index >= 15 is 0 Å². The fourth-order valence-electron chi connectivity index (χ4n) is 6.58. The predicted molar refractivity (Wildman–Crippen MR) is 134 cm³/mol. The Bertz CT molecular complexity index is 804. The molecule has 34 heavy (non-hydrogen) atoms. The molecule has 0 aliphatic carbocycles. The van der Waals surface area contributed by atoms with Gasteiger partial charge in [0.1, 0.15) is 6.04 Å². The third-order valence-electron chi connectivity index (χ3n) is 8.14. The highest BCUT2D eigenvalue weighted by Gasteiger charge is 2.77. The minimum Gasteiger partial charge on any atom is -0.466 e. The van der Waals surface area contributed by atoms with Crippen LogP contribution in [0.15, 0.2) is 12.7 Å². The van der Waals surface area contributed by atoms with E-state index in [0.29, 0.717) is 6.54 Å². The van der Waals surface area contributed by atoms with Crippen LogP contribution in [0.2, 0.25) is 0 Å². The third kappa shape index (κ3) is 4.08. The van der Waals surface area contributed by atoms with Crippen molar-refractivity contribution < 1.29 is 24.2 Å². The van der Waals surface area contributed by atoms with Crippen LogP contribution in [0.25, 0.3) is 0 Å². The first-order valence-electron chi connectivity index (χ1n) is 12.8. The number of esters is 1. The van der Waals surface area contributed by atoms with Crippen molar-refractivity contribution >= 4 is 29.5 Å². The Morgan fingerprint density at radius 2 is 2.03 bits per heavy atom. The molecule has 3 heterocycles. The summed E-state index contributed by atoms with van der Waals surface area (Å²) >= 11 is 1.65. The number of thioether (sulfide) groups is 1. The number of likely N-dealkylation sites (tertiary alicyclic amines) is 1. The van der Waals surface area contributed by atoms with Crippen molar-refractivity contribution in [2.24, 2.45) is 23.7 Å². The molecule has 3 saturated heterocycles. The van der Waals surface area contributed by atoms with Gasteiger partial charge < -0.3 is 19.6 Å². The number of amides is 2. The van der Waals surface area contributed by atoms with Gasteiger partial charge in [-0.2, -0.15) is 0 Å². The zero-order chi connectivity index (χ0) is 25.4. The second kappa shape index (κ2) is 10.6. The average Bonchev–Trinajstić information content (AvgIpc) is 3.36. The SMILES string of the molecule is C=CCN(C(=O)C1N([C@@H](CO)C(C)C)C(=O)[C@@H]2[C@@H](C(=O)OCC)[C@H]3CC(C)C12S3)C(C)CCC. The Balaban J connectivity index is 2.15. The molecule has 0 aromatic rings. The van der Waals surface area contributed by atoms with Gasteiger partial charge in [-0.25, -0.2) is 0 Å². The number of aliphatic hydroxyl groups excluding tert-OH is 1. The van der Waals surface area contributed by atoms with Gasteiger partial charge >= 0.3 is 5.97 Å². The molecular formula is C26H42N2O5S. The molecule has 1 spiro atoms. The zero-order valence-electron chi connectivity index (χ0n) is 21.5. The van der Waals surface area contributed by atoms with Crippen LogP contribution >= 0.6 is 11.8 Å². The molecule has 4 unspecified atom stereocenters. The Labute approximate surface area is 208 Å². The van der Waals surface area contributed by atoms with E-state index in [1.807, 2.05) is 25.7 Å². The van der Waals surface area contributed by atoms with Gasteiger partial charge in [-0.15, -0.1) is 18.3 Å². The number of carbonyl (C=O) groups is 3. The molecule has 192 valence electrons. The van der Waals surface area contributed by atoms with Crippen molar-refractivity contribution in [3.63, 3.8) is 0 Å². The van der Waals surface area contributed by atoms with Crippen molar-refractivity contribution in [3.05, 3.63) is 12.7 Å². The molecule has 8 heteroatoms. The number of carbonyl (C=O) groups excluding carboxylic acids is 3. The summed E-state index contributed by atoms with van der Waals surface area (Å²) < 4.78 is 4.70. The Kier molecular flexibility index (Phi) is 8.44. The van der Waals surface area contributed by atoms with Gasteiger partial charge in [0.05, 0.1) is 35.8 Å². The van der Waals surface area contributed by atoms with Crippen molar-refractivity contribution in [2.75, 3.05) is 19.8 Å². The van der Waals surface area contributed by atoms with Gasteiger partial charge in [0.15, 0.2) is 0 Å². The van der Waals surface area contributed by atoms with Crippen LogP contribution in [-0.2, 0) is 19.1 Å². The Hall–Kier alpha value is -1.54. The average molecular weight is 495 g/mol. The molecule has 3 aliphatic heterocycles. The highest BCUT2D eigenvalue weighted by Crippen LogP contribution is 2.69. The standard InChI is InChI=1S/C26H42N2O5S/c1-8-11-17(7)27(12-9-2)24(31)22-26-16(6)13-19(34-26)20(25(32)33-10-3)21(26)23(30)28(22)18(14-29)15(4)5/h9,15-22,29H,2,8,10-14H2,1,3-7H3/t16?,17?,18-,19+,20-,21-,22?,26?/m0/s1. The Morgan fingerprint density at radius 1 is 1.35 bits per heavy atom. The minimum absolute atomic E-state index is 0.00529. The van der Waals surface area contributed by atoms with E-state index in [-0.39, 0.29) is 54.1 Å². The summed E-state index contributed by atoms with van der Waals surface area (Å²) in [5.74, 6) is -1.75. The van der Waals surface area contributed by atoms with Crippen molar-refractivity contribution in [1.82, 2.24) is 9.80 Å². The summed E-state index contributed by atoms with van der Waals surface area (Å²) in [7, 11) is 0. The van der Waals surface area contributed by atoms with Crippen LogP contribution in [0.5, 0.6) is 0 Å². The predicted octanol–water partition coefficient (Wildman–Crippen LogP) is 3.11. The first kappa shape index (κ1) is 27.1. The zero-order valence-corrected chi connectivity index (χ0v) is 22.3. The lowest BCUT2D eigenvalue weighted by molar-refractivity contribution is -0.154. The summed E-state index contributed by atoms with van der Waals surface area (Å²) in [4.78, 5) is 45.1. The van der Waals surface area contributed by atoms with Gasteiger partial charge in [-0.3, -0.25) is 14.4 Å². The van der Waals surface area contributed by atoms with E-state index in [2.05, 4.69) is 20.4 Å². The maximum Gasteiger partial charge on any atom is 0.310 e. The molecule has 0 saturated carbocycles. The summed E-state index contributed by atoms with van der Waals surface area (Å²) in [6, 6.07) is -1.23. The molecule has 7 nitrogen and oxygen atoms in total. The second-order valence-electron chi connectivity index (χ2n) is 10.5. The van der Waals surface area contributed by atoms with Crippen LogP contribution < -0.4 is 0 Å². The van der Waals surface area contributed by atoms with Crippen LogP contribution in [0.1, 0.15) is 60.8 Å². The van der Waals surface area contributed by atoms with E-state index in [9.17, 15) is 19.5 Å². The molecule has 1 N–H and O–H groups in total. The van der Waals surface area contributed by atoms with E-state index in [1.165, 1.54) is 0 Å². The lowest BCUT2D eigenvalue weighted by Gasteiger charge is -2.43. The van der Waals surface area contributed by atoms with Crippen molar-refractivity contribution in [1.29, 1.82) is 0 Å². The van der Waals surface area contributed by atoms with Gasteiger partial charge in [-0.1, -0.05) is 40.2 Å². The smallest absolute Gasteiger partial charge is 0.310 e. The first-order valence-corrected chi connectivity index (χ1v) is 13.7. The second-order valence-corrected chi connectivity index (χ2v) is 12.0. The van der Waals surface area contributed by atoms with Gasteiger partial charge in [0.25, 0.3) is 0 Å². The third-order valence-corrected chi connectivity index (χ3v) is 10.2. The van der Waals surface area contributed by atoms with E-state index < -0.39 is 28.7 Å². The minimum atomic E-state index is -0.728. The molecule has 3 fully saturated rings. The molecule has 8 atom stereocenters. The number of aliphatic hydroxyl groups is 1. The molecule has 3 rings (SSSR count). The lowest BCUT2D eigenvalue weighted by Crippen LogP contribution is -2.61. The summed E-state index contributed by atoms with van der Waals surface area (Å²) in [6.07, 6.45) is 4.29. The molecular weight excluding hydrogens is 452 g/mol. The monoisotopic (exact) mass is 494 g/mol. The highest BCUT2D eigenvalue weighted by atomic mass is 32.2. The number of hydrogen-bond donors (Lipinski definition) is 1. The van der Waals surface area contributed by atoms with Crippen LogP contribution in [0.4, 0.5) is 0 Å². The quantitative estimate of drug-likeness (QED) is 0.351. The van der Waals surface area contributed by atoms with Crippen molar-refractivity contribution in [3.8, 4) is 0 Å². The normalized spacial score (nSPS) is 33.7. The molecule has 0 aromatic carbocycles. The fourth-order valence-corrected chi connectivity index (χ4v) is 8.97. The number of ether oxygens (including phenoxy) is 1. The number of fused-ring (bicyclic) bond motifs is 1. The van der Waals surface area contributed by atoms with Gasteiger partial charge in [-0.05, 0) is 38.5 Å².